The minimum absolute atomic E-state index is 0.206. The molecule has 3 rings (SSSR count). The van der Waals surface area contributed by atoms with Gasteiger partial charge in [0.15, 0.2) is 17.6 Å². The van der Waals surface area contributed by atoms with E-state index in [2.05, 4.69) is 5.32 Å². The molecule has 0 saturated heterocycles. The maximum Gasteiger partial charge on any atom is 0.261 e. The van der Waals surface area contributed by atoms with Crippen LogP contribution in [0.3, 0.4) is 0 Å². The summed E-state index contributed by atoms with van der Waals surface area (Å²) in [6.45, 7) is 2.22. The number of amides is 1. The van der Waals surface area contributed by atoms with Gasteiger partial charge in [-0.2, -0.15) is 0 Å². The molecular weight excluding hydrogens is 274 g/mol. The fourth-order valence-corrected chi connectivity index (χ4v) is 1.94. The zero-order valence-electron chi connectivity index (χ0n) is 11.5. The number of benzene rings is 1. The van der Waals surface area contributed by atoms with Crippen LogP contribution in [0.5, 0.6) is 17.2 Å². The van der Waals surface area contributed by atoms with Crippen molar-refractivity contribution >= 4 is 5.91 Å². The highest BCUT2D eigenvalue weighted by Gasteiger charge is 2.18. The number of carbonyl (C=O) groups excluding carboxylic acids is 1. The summed E-state index contributed by atoms with van der Waals surface area (Å²) < 4.78 is 21.2. The fraction of sp³-hybridized carbons (Fsp3) is 0.267. The van der Waals surface area contributed by atoms with Crippen LogP contribution in [0.25, 0.3) is 0 Å². The molecule has 1 atom stereocenters. The Morgan fingerprint density at radius 1 is 1.33 bits per heavy atom. The van der Waals surface area contributed by atoms with Crippen molar-refractivity contribution in [2.75, 3.05) is 6.79 Å². The van der Waals surface area contributed by atoms with Crippen LogP contribution in [0.4, 0.5) is 0 Å². The van der Waals surface area contributed by atoms with Crippen molar-refractivity contribution < 1.29 is 23.4 Å². The summed E-state index contributed by atoms with van der Waals surface area (Å²) in [5, 5.41) is 2.74. The van der Waals surface area contributed by atoms with E-state index in [1.807, 2.05) is 0 Å². The Kier molecular flexibility index (Phi) is 3.68. The van der Waals surface area contributed by atoms with Crippen molar-refractivity contribution in [1.29, 1.82) is 0 Å². The summed E-state index contributed by atoms with van der Waals surface area (Å²) in [4.78, 5) is 11.9. The largest absolute Gasteiger partial charge is 0.481 e. The van der Waals surface area contributed by atoms with Crippen LogP contribution >= 0.6 is 0 Å². The topological polar surface area (TPSA) is 69.9 Å². The smallest absolute Gasteiger partial charge is 0.261 e. The van der Waals surface area contributed by atoms with Gasteiger partial charge in [-0.3, -0.25) is 4.79 Å². The summed E-state index contributed by atoms with van der Waals surface area (Å²) >= 11 is 0. The zero-order valence-corrected chi connectivity index (χ0v) is 11.5. The van der Waals surface area contributed by atoms with Crippen LogP contribution in [0.2, 0.25) is 0 Å². The lowest BCUT2D eigenvalue weighted by molar-refractivity contribution is -0.127. The van der Waals surface area contributed by atoms with Crippen LogP contribution in [-0.4, -0.2) is 18.8 Å². The highest BCUT2D eigenvalue weighted by Crippen LogP contribution is 2.35. The highest BCUT2D eigenvalue weighted by molar-refractivity contribution is 5.80. The van der Waals surface area contributed by atoms with Gasteiger partial charge in [-0.1, -0.05) is 0 Å². The molecule has 1 aliphatic heterocycles. The SMILES string of the molecule is CC(Oc1ccc2c(c1)OCO2)C(=O)NCc1ccco1. The standard InChI is InChI=1S/C15H15NO5/c1-10(15(17)16-8-12-3-2-6-18-12)21-11-4-5-13-14(7-11)20-9-19-13/h2-7,10H,8-9H2,1H3,(H,16,17). The molecule has 2 aromatic rings. The summed E-state index contributed by atoms with van der Waals surface area (Å²) in [6, 6.07) is 8.77. The van der Waals surface area contributed by atoms with E-state index in [1.54, 1.807) is 43.5 Å². The quantitative estimate of drug-likeness (QED) is 0.912. The molecule has 0 spiro atoms. The van der Waals surface area contributed by atoms with E-state index in [4.69, 9.17) is 18.6 Å². The molecule has 0 saturated carbocycles. The first-order chi connectivity index (χ1) is 10.2. The van der Waals surface area contributed by atoms with Crippen molar-refractivity contribution in [3.05, 3.63) is 42.4 Å². The van der Waals surface area contributed by atoms with E-state index < -0.39 is 6.10 Å². The molecule has 1 amide bonds. The lowest BCUT2D eigenvalue weighted by Gasteiger charge is -2.14. The Bertz CT molecular complexity index is 623. The summed E-state index contributed by atoms with van der Waals surface area (Å²) in [6.07, 6.45) is 0.939. The molecule has 1 aromatic heterocycles. The Morgan fingerprint density at radius 2 is 2.19 bits per heavy atom. The molecular formula is C15H15NO5. The maximum atomic E-state index is 11.9. The predicted octanol–water partition coefficient (Wildman–Crippen LogP) is 2.09. The minimum Gasteiger partial charge on any atom is -0.481 e. The molecule has 1 aromatic carbocycles. The molecule has 0 fully saturated rings. The first-order valence-corrected chi connectivity index (χ1v) is 6.59. The monoisotopic (exact) mass is 289 g/mol. The van der Waals surface area contributed by atoms with Crippen molar-refractivity contribution in [3.63, 3.8) is 0 Å². The molecule has 110 valence electrons. The van der Waals surface area contributed by atoms with Crippen LogP contribution in [-0.2, 0) is 11.3 Å². The second-order valence-corrected chi connectivity index (χ2v) is 4.57. The summed E-state index contributed by atoms with van der Waals surface area (Å²) in [5.74, 6) is 2.33. The van der Waals surface area contributed by atoms with E-state index in [-0.39, 0.29) is 12.7 Å². The van der Waals surface area contributed by atoms with Crippen molar-refractivity contribution in [2.24, 2.45) is 0 Å². The molecule has 2 heterocycles. The Balaban J connectivity index is 1.55. The van der Waals surface area contributed by atoms with Gasteiger partial charge in [0, 0.05) is 6.07 Å². The molecule has 21 heavy (non-hydrogen) atoms. The number of hydrogen-bond acceptors (Lipinski definition) is 5. The summed E-state index contributed by atoms with van der Waals surface area (Å²) in [7, 11) is 0. The normalized spacial score (nSPS) is 13.8. The first kappa shape index (κ1) is 13.4. The average Bonchev–Trinajstić information content (AvgIpc) is 3.15. The van der Waals surface area contributed by atoms with Gasteiger partial charge in [0.25, 0.3) is 5.91 Å². The molecule has 0 bridgehead atoms. The van der Waals surface area contributed by atoms with Gasteiger partial charge in [0.05, 0.1) is 12.8 Å². The van der Waals surface area contributed by atoms with Gasteiger partial charge in [0.1, 0.15) is 11.5 Å². The third-order valence-electron chi connectivity index (χ3n) is 3.04. The minimum atomic E-state index is -0.625. The first-order valence-electron chi connectivity index (χ1n) is 6.59. The van der Waals surface area contributed by atoms with E-state index >= 15 is 0 Å². The van der Waals surface area contributed by atoms with E-state index in [0.717, 1.165) is 0 Å². The number of furan rings is 1. The van der Waals surface area contributed by atoms with E-state index in [9.17, 15) is 4.79 Å². The number of ether oxygens (including phenoxy) is 3. The Hall–Kier alpha value is -2.63. The third-order valence-corrected chi connectivity index (χ3v) is 3.04. The van der Waals surface area contributed by atoms with Gasteiger partial charge in [-0.25, -0.2) is 0 Å². The van der Waals surface area contributed by atoms with Gasteiger partial charge < -0.3 is 23.9 Å². The van der Waals surface area contributed by atoms with Gasteiger partial charge in [-0.15, -0.1) is 0 Å². The second kappa shape index (κ2) is 5.78. The number of nitrogens with one attached hydrogen (secondary N) is 1. The number of rotatable bonds is 5. The van der Waals surface area contributed by atoms with Crippen molar-refractivity contribution in [1.82, 2.24) is 5.32 Å². The van der Waals surface area contributed by atoms with E-state index in [0.29, 0.717) is 29.6 Å². The zero-order chi connectivity index (χ0) is 14.7. The second-order valence-electron chi connectivity index (χ2n) is 4.57. The van der Waals surface area contributed by atoms with Crippen molar-refractivity contribution in [2.45, 2.75) is 19.6 Å². The van der Waals surface area contributed by atoms with Crippen LogP contribution < -0.4 is 19.5 Å². The maximum absolute atomic E-state index is 11.9. The number of hydrogen-bond donors (Lipinski definition) is 1. The van der Waals surface area contributed by atoms with E-state index in [1.165, 1.54) is 0 Å². The third kappa shape index (κ3) is 3.10. The Labute approximate surface area is 121 Å². The van der Waals surface area contributed by atoms with Gasteiger partial charge >= 0.3 is 0 Å². The molecule has 1 unspecified atom stereocenters. The number of carbonyl (C=O) groups is 1. The van der Waals surface area contributed by atoms with Gasteiger partial charge in [0.2, 0.25) is 6.79 Å². The van der Waals surface area contributed by atoms with Crippen molar-refractivity contribution in [3.8, 4) is 17.2 Å². The lowest BCUT2D eigenvalue weighted by atomic mass is 10.3. The molecule has 0 radical (unpaired) electrons. The molecule has 6 heteroatoms. The Morgan fingerprint density at radius 3 is 3.00 bits per heavy atom. The predicted molar refractivity (Wildman–Crippen MR) is 73.2 cm³/mol. The fourth-order valence-electron chi connectivity index (χ4n) is 1.94. The van der Waals surface area contributed by atoms with Crippen LogP contribution in [0.15, 0.2) is 41.0 Å². The summed E-state index contributed by atoms with van der Waals surface area (Å²) in [5.41, 5.74) is 0. The highest BCUT2D eigenvalue weighted by atomic mass is 16.7. The van der Waals surface area contributed by atoms with Gasteiger partial charge in [-0.05, 0) is 31.2 Å². The lowest BCUT2D eigenvalue weighted by Crippen LogP contribution is -2.35. The molecule has 0 aliphatic carbocycles. The number of fused-ring (bicyclic) bond motifs is 1. The molecule has 1 aliphatic rings. The van der Waals surface area contributed by atoms with Crippen LogP contribution in [0.1, 0.15) is 12.7 Å². The molecule has 1 N–H and O–H groups in total. The van der Waals surface area contributed by atoms with Crippen LogP contribution in [0, 0.1) is 0 Å². The average molecular weight is 289 g/mol. The molecule has 6 nitrogen and oxygen atoms in total.